The SMILES string of the molecule is Brc1ccc(-c2ccccc2)cc1-c1ccccc1. The van der Waals surface area contributed by atoms with E-state index in [0.29, 0.717) is 0 Å². The van der Waals surface area contributed by atoms with Crippen molar-refractivity contribution >= 4 is 15.9 Å². The molecule has 0 saturated heterocycles. The van der Waals surface area contributed by atoms with Crippen molar-refractivity contribution in [1.29, 1.82) is 0 Å². The maximum atomic E-state index is 3.64. The minimum atomic E-state index is 1.12. The number of rotatable bonds is 2. The smallest absolute Gasteiger partial charge is 0.0254 e. The second kappa shape index (κ2) is 5.41. The zero-order valence-corrected chi connectivity index (χ0v) is 12.0. The molecule has 0 aliphatic rings. The molecule has 0 aliphatic heterocycles. The van der Waals surface area contributed by atoms with Gasteiger partial charge in [0.05, 0.1) is 0 Å². The van der Waals surface area contributed by atoms with E-state index >= 15 is 0 Å². The Kier molecular flexibility index (Phi) is 3.47. The molecule has 0 atom stereocenters. The van der Waals surface area contributed by atoms with Gasteiger partial charge in [-0.15, -0.1) is 0 Å². The van der Waals surface area contributed by atoms with Gasteiger partial charge in [0.1, 0.15) is 0 Å². The number of hydrogen-bond acceptors (Lipinski definition) is 0. The average Bonchev–Trinajstić information content (AvgIpc) is 2.49. The Balaban J connectivity index is 2.12. The second-order valence-electron chi connectivity index (χ2n) is 4.43. The number of hydrogen-bond donors (Lipinski definition) is 0. The minimum absolute atomic E-state index is 1.12. The Labute approximate surface area is 121 Å². The number of benzene rings is 3. The molecule has 0 amide bonds. The van der Waals surface area contributed by atoms with Crippen molar-refractivity contribution < 1.29 is 0 Å². The highest BCUT2D eigenvalue weighted by atomic mass is 79.9. The zero-order chi connectivity index (χ0) is 13.1. The van der Waals surface area contributed by atoms with Gasteiger partial charge in [-0.1, -0.05) is 82.7 Å². The summed E-state index contributed by atoms with van der Waals surface area (Å²) in [5.74, 6) is 0. The van der Waals surface area contributed by atoms with Gasteiger partial charge < -0.3 is 0 Å². The molecule has 0 N–H and O–H groups in total. The van der Waals surface area contributed by atoms with Crippen LogP contribution in [0.15, 0.2) is 83.3 Å². The van der Waals surface area contributed by atoms with Crippen LogP contribution in [0, 0.1) is 0 Å². The van der Waals surface area contributed by atoms with E-state index in [1.54, 1.807) is 0 Å². The van der Waals surface area contributed by atoms with Crippen molar-refractivity contribution in [2.45, 2.75) is 0 Å². The van der Waals surface area contributed by atoms with Crippen molar-refractivity contribution in [1.82, 2.24) is 0 Å². The molecule has 0 spiro atoms. The van der Waals surface area contributed by atoms with E-state index in [9.17, 15) is 0 Å². The topological polar surface area (TPSA) is 0 Å². The van der Waals surface area contributed by atoms with Crippen LogP contribution in [0.2, 0.25) is 0 Å². The van der Waals surface area contributed by atoms with Gasteiger partial charge in [0.25, 0.3) is 0 Å². The number of halogens is 1. The standard InChI is InChI=1S/C18H13Br/c19-18-12-11-16(14-7-3-1-4-8-14)13-17(18)15-9-5-2-6-10-15/h1-13H. The third-order valence-corrected chi connectivity index (χ3v) is 3.85. The van der Waals surface area contributed by atoms with Gasteiger partial charge in [0, 0.05) is 4.47 Å². The fourth-order valence-corrected chi connectivity index (χ4v) is 2.65. The highest BCUT2D eigenvalue weighted by Crippen LogP contribution is 2.32. The fourth-order valence-electron chi connectivity index (χ4n) is 2.17. The first-order valence-electron chi connectivity index (χ1n) is 6.25. The quantitative estimate of drug-likeness (QED) is 0.562. The van der Waals surface area contributed by atoms with Crippen molar-refractivity contribution in [2.24, 2.45) is 0 Å². The lowest BCUT2D eigenvalue weighted by atomic mass is 9.99. The van der Waals surface area contributed by atoms with Crippen LogP contribution < -0.4 is 0 Å². The summed E-state index contributed by atoms with van der Waals surface area (Å²) in [7, 11) is 0. The van der Waals surface area contributed by atoms with Crippen molar-refractivity contribution in [3.63, 3.8) is 0 Å². The van der Waals surface area contributed by atoms with E-state index < -0.39 is 0 Å². The van der Waals surface area contributed by atoms with Gasteiger partial charge in [-0.25, -0.2) is 0 Å². The molecule has 0 unspecified atom stereocenters. The Morgan fingerprint density at radius 1 is 0.526 bits per heavy atom. The lowest BCUT2D eigenvalue weighted by Gasteiger charge is -2.08. The van der Waals surface area contributed by atoms with Crippen molar-refractivity contribution in [2.75, 3.05) is 0 Å². The van der Waals surface area contributed by atoms with Crippen LogP contribution in [-0.4, -0.2) is 0 Å². The average molecular weight is 309 g/mol. The Morgan fingerprint density at radius 2 is 1.11 bits per heavy atom. The molecule has 1 heteroatoms. The molecule has 0 heterocycles. The monoisotopic (exact) mass is 308 g/mol. The minimum Gasteiger partial charge on any atom is -0.0622 e. The molecule has 3 aromatic carbocycles. The lowest BCUT2D eigenvalue weighted by Crippen LogP contribution is -1.83. The normalized spacial score (nSPS) is 10.4. The maximum Gasteiger partial charge on any atom is 0.0254 e. The predicted molar refractivity (Wildman–Crippen MR) is 85.0 cm³/mol. The van der Waals surface area contributed by atoms with Gasteiger partial charge in [-0.2, -0.15) is 0 Å². The Hall–Kier alpha value is -1.86. The van der Waals surface area contributed by atoms with Gasteiger partial charge >= 0.3 is 0 Å². The molecule has 0 saturated carbocycles. The summed E-state index contributed by atoms with van der Waals surface area (Å²) in [5.41, 5.74) is 4.93. The van der Waals surface area contributed by atoms with Gasteiger partial charge in [-0.3, -0.25) is 0 Å². The molecule has 0 aromatic heterocycles. The van der Waals surface area contributed by atoms with Gasteiger partial charge in [0.15, 0.2) is 0 Å². The maximum absolute atomic E-state index is 3.64. The summed E-state index contributed by atoms with van der Waals surface area (Å²) in [5, 5.41) is 0. The van der Waals surface area contributed by atoms with Crippen molar-refractivity contribution in [3.8, 4) is 22.3 Å². The molecule has 0 radical (unpaired) electrons. The summed E-state index contributed by atoms with van der Waals surface area (Å²) in [6.45, 7) is 0. The van der Waals surface area contributed by atoms with E-state index in [4.69, 9.17) is 0 Å². The van der Waals surface area contributed by atoms with E-state index in [2.05, 4.69) is 82.7 Å². The van der Waals surface area contributed by atoms with Gasteiger partial charge in [-0.05, 0) is 34.4 Å². The summed E-state index contributed by atoms with van der Waals surface area (Å²) >= 11 is 3.64. The van der Waals surface area contributed by atoms with Crippen LogP contribution in [0.25, 0.3) is 22.3 Å². The first-order chi connectivity index (χ1) is 9.34. The summed E-state index contributed by atoms with van der Waals surface area (Å²) < 4.78 is 1.12. The molecular formula is C18H13Br. The van der Waals surface area contributed by atoms with Crippen LogP contribution >= 0.6 is 15.9 Å². The van der Waals surface area contributed by atoms with E-state index in [0.717, 1.165) is 4.47 Å². The summed E-state index contributed by atoms with van der Waals surface area (Å²) in [4.78, 5) is 0. The third-order valence-electron chi connectivity index (χ3n) is 3.16. The molecule has 0 fully saturated rings. The molecule has 3 rings (SSSR count). The third kappa shape index (κ3) is 2.61. The molecule has 19 heavy (non-hydrogen) atoms. The molecule has 0 nitrogen and oxygen atoms in total. The molecule has 0 bridgehead atoms. The predicted octanol–water partition coefficient (Wildman–Crippen LogP) is 5.78. The largest absolute Gasteiger partial charge is 0.0622 e. The van der Waals surface area contributed by atoms with Crippen LogP contribution in [0.3, 0.4) is 0 Å². The summed E-state index contributed by atoms with van der Waals surface area (Å²) in [6, 6.07) is 27.4. The highest BCUT2D eigenvalue weighted by molar-refractivity contribution is 9.10. The lowest BCUT2D eigenvalue weighted by molar-refractivity contribution is 1.56. The first kappa shape index (κ1) is 12.2. The van der Waals surface area contributed by atoms with Crippen LogP contribution in [0.1, 0.15) is 0 Å². The van der Waals surface area contributed by atoms with Crippen LogP contribution in [0.5, 0.6) is 0 Å². The fraction of sp³-hybridized carbons (Fsp3) is 0. The van der Waals surface area contributed by atoms with Crippen LogP contribution in [0.4, 0.5) is 0 Å². The highest BCUT2D eigenvalue weighted by Gasteiger charge is 2.05. The molecule has 92 valence electrons. The molecule has 3 aromatic rings. The second-order valence-corrected chi connectivity index (χ2v) is 5.28. The molecular weight excluding hydrogens is 296 g/mol. The summed E-state index contributed by atoms with van der Waals surface area (Å²) in [6.07, 6.45) is 0. The zero-order valence-electron chi connectivity index (χ0n) is 10.4. The van der Waals surface area contributed by atoms with E-state index in [1.807, 2.05) is 12.1 Å². The van der Waals surface area contributed by atoms with Gasteiger partial charge in [0.2, 0.25) is 0 Å². The Morgan fingerprint density at radius 3 is 1.74 bits per heavy atom. The molecule has 0 aliphatic carbocycles. The van der Waals surface area contributed by atoms with Crippen molar-refractivity contribution in [3.05, 3.63) is 83.3 Å². The van der Waals surface area contributed by atoms with E-state index in [1.165, 1.54) is 22.3 Å². The van der Waals surface area contributed by atoms with E-state index in [-0.39, 0.29) is 0 Å². The van der Waals surface area contributed by atoms with Crippen LogP contribution in [-0.2, 0) is 0 Å². The first-order valence-corrected chi connectivity index (χ1v) is 7.04. The Bertz CT molecular complexity index is 673.